The Bertz CT molecular complexity index is 1870. The van der Waals surface area contributed by atoms with E-state index >= 15 is 0 Å². The summed E-state index contributed by atoms with van der Waals surface area (Å²) in [6.07, 6.45) is 5.22. The third-order valence-electron chi connectivity index (χ3n) is 6.32. The van der Waals surface area contributed by atoms with Crippen molar-refractivity contribution in [3.63, 3.8) is 0 Å². The van der Waals surface area contributed by atoms with Gasteiger partial charge in [-0.15, -0.1) is 83.9 Å². The van der Waals surface area contributed by atoms with Gasteiger partial charge in [0, 0.05) is 90.5 Å². The second-order valence-corrected chi connectivity index (χ2v) is 9.41. The van der Waals surface area contributed by atoms with Crippen LogP contribution in [0.2, 0.25) is 0 Å². The molecule has 3 radical (unpaired) electrons. The molecule has 7 rings (SSSR count). The van der Waals surface area contributed by atoms with Crippen molar-refractivity contribution in [2.75, 3.05) is 0 Å². The molecular weight excluding hydrogens is 1110 g/mol. The first-order chi connectivity index (χ1) is 21.1. The molecule has 0 bridgehead atoms. The Hall–Kier alpha value is -3.60. The van der Waals surface area contributed by atoms with E-state index in [1.54, 1.807) is 18.5 Å². The smallest absolute Gasteiger partial charge is 0.0408 e. The monoisotopic (exact) mass is 1140 g/mol. The summed E-state index contributed by atoms with van der Waals surface area (Å²) in [5, 5.41) is 2.39. The molecule has 0 atom stereocenters. The van der Waals surface area contributed by atoms with E-state index in [-0.39, 0.29) is 65.9 Å². The number of aromatic nitrogens is 3. The zero-order valence-corrected chi connectivity index (χ0v) is 31.6. The van der Waals surface area contributed by atoms with Crippen LogP contribution in [-0.4, -0.2) is 15.0 Å². The number of halogens is 2. The van der Waals surface area contributed by atoms with E-state index in [2.05, 4.69) is 45.3 Å². The van der Waals surface area contributed by atoms with Crippen molar-refractivity contribution < 1.29 is 69.1 Å². The Morgan fingerprint density at radius 3 is 1.87 bits per heavy atom. The molecule has 0 saturated carbocycles. The normalized spacial score (nSPS) is 9.54. The Kier molecular flexibility index (Phi) is 16.6. The molecule has 0 unspecified atom stereocenters. The van der Waals surface area contributed by atoms with Crippen molar-refractivity contribution in [1.82, 2.24) is 15.0 Å². The van der Waals surface area contributed by atoms with E-state index in [0.29, 0.717) is 5.69 Å². The van der Waals surface area contributed by atoms with Gasteiger partial charge in [-0.1, -0.05) is 59.7 Å². The van der Waals surface area contributed by atoms with E-state index in [9.17, 15) is 8.78 Å². The molecule has 237 valence electrons. The van der Waals surface area contributed by atoms with Crippen molar-refractivity contribution in [1.29, 1.82) is 0 Å². The number of hydrogen-bond donors (Lipinski definition) is 0. The van der Waals surface area contributed by atoms with Crippen molar-refractivity contribution in [3.8, 4) is 33.8 Å². The molecule has 0 amide bonds. The molecule has 3 aromatic heterocycles. The van der Waals surface area contributed by atoms with Crippen LogP contribution in [0.15, 0.2) is 140 Å². The Morgan fingerprint density at radius 2 is 1.22 bits per heavy atom. The summed E-state index contributed by atoms with van der Waals surface area (Å²) >= 11 is 0. The average molecular weight is 1140 g/mol. The maximum absolute atomic E-state index is 13.4. The maximum Gasteiger partial charge on any atom is 0.0408 e. The van der Waals surface area contributed by atoms with Crippen molar-refractivity contribution in [2.45, 2.75) is 6.92 Å². The van der Waals surface area contributed by atoms with Gasteiger partial charge in [0.2, 0.25) is 0 Å². The first-order valence-corrected chi connectivity index (χ1v) is 13.6. The average Bonchev–Trinajstić information content (AvgIpc) is 3.06. The van der Waals surface area contributed by atoms with Crippen molar-refractivity contribution >= 4 is 10.8 Å². The number of rotatable bonds is 3. The summed E-state index contributed by atoms with van der Waals surface area (Å²) < 4.78 is 26.0. The van der Waals surface area contributed by atoms with Gasteiger partial charge in [-0.05, 0) is 53.0 Å². The standard InChI is InChI=1S/C15H10N.C12H8F2N.C11H8N.3Ir/c1-2-7-13(8-3-1)15-14-9-5-4-6-12(14)10-11-16-15;1-8-4-5-15-12(6-8)10-3-2-9(13)7-11(10)14;1-2-6-10(7-3-1)11-8-4-5-9-12-11;;;/h1-7,9-11H;2,4-7H,1H3;1-6,8-9H;;;/q3*-1;;;. The summed E-state index contributed by atoms with van der Waals surface area (Å²) in [4.78, 5) is 12.7. The van der Waals surface area contributed by atoms with Gasteiger partial charge in [-0.2, -0.15) is 0 Å². The Labute approximate surface area is 308 Å². The molecule has 46 heavy (non-hydrogen) atoms. The molecule has 4 aromatic carbocycles. The van der Waals surface area contributed by atoms with Crippen LogP contribution in [0.1, 0.15) is 5.56 Å². The summed E-state index contributed by atoms with van der Waals surface area (Å²) in [6, 6.07) is 46.3. The van der Waals surface area contributed by atoms with Crippen LogP contribution in [-0.2, 0) is 60.3 Å². The van der Waals surface area contributed by atoms with Crippen LogP contribution in [0.3, 0.4) is 0 Å². The molecule has 0 fully saturated rings. The van der Waals surface area contributed by atoms with E-state index in [1.165, 1.54) is 10.8 Å². The van der Waals surface area contributed by atoms with Gasteiger partial charge in [-0.25, -0.2) is 0 Å². The van der Waals surface area contributed by atoms with Gasteiger partial charge in [0.1, 0.15) is 0 Å². The van der Waals surface area contributed by atoms with Crippen LogP contribution in [0, 0.1) is 36.8 Å². The van der Waals surface area contributed by atoms with E-state index in [1.807, 2.05) is 104 Å². The topological polar surface area (TPSA) is 38.7 Å². The fourth-order valence-corrected chi connectivity index (χ4v) is 4.26. The van der Waals surface area contributed by atoms with Crippen LogP contribution in [0.5, 0.6) is 0 Å². The zero-order chi connectivity index (χ0) is 29.9. The minimum atomic E-state index is -0.645. The minimum absolute atomic E-state index is 0. The van der Waals surface area contributed by atoms with Crippen LogP contribution < -0.4 is 0 Å². The quantitative estimate of drug-likeness (QED) is 0.166. The number of aryl methyl sites for hydroxylation is 1. The zero-order valence-electron chi connectivity index (χ0n) is 24.4. The first kappa shape index (κ1) is 38.6. The van der Waals surface area contributed by atoms with Crippen LogP contribution in [0.4, 0.5) is 8.78 Å². The molecule has 0 aliphatic heterocycles. The molecule has 0 N–H and O–H groups in total. The van der Waals surface area contributed by atoms with Crippen molar-refractivity contribution in [3.05, 3.63) is 175 Å². The molecule has 0 aliphatic rings. The molecule has 3 nitrogen and oxygen atoms in total. The van der Waals surface area contributed by atoms with Gasteiger partial charge in [0.25, 0.3) is 0 Å². The first-order valence-electron chi connectivity index (χ1n) is 13.6. The molecule has 3 heterocycles. The van der Waals surface area contributed by atoms with Gasteiger partial charge in [-0.3, -0.25) is 8.78 Å². The third kappa shape index (κ3) is 10.7. The Balaban J connectivity index is 0.000000235. The second kappa shape index (κ2) is 19.8. The van der Waals surface area contributed by atoms with Gasteiger partial charge in [0.05, 0.1) is 0 Å². The summed E-state index contributed by atoms with van der Waals surface area (Å²) in [5.41, 5.74) is 5.68. The minimum Gasteiger partial charge on any atom is -0.305 e. The maximum atomic E-state index is 13.4. The molecule has 0 spiro atoms. The molecule has 0 saturated heterocycles. The number of nitrogens with zero attached hydrogens (tertiary/aromatic N) is 3. The van der Waals surface area contributed by atoms with E-state index < -0.39 is 11.6 Å². The van der Waals surface area contributed by atoms with E-state index in [0.717, 1.165) is 40.2 Å². The van der Waals surface area contributed by atoms with Crippen molar-refractivity contribution in [2.24, 2.45) is 0 Å². The number of pyridine rings is 3. The number of benzene rings is 4. The third-order valence-corrected chi connectivity index (χ3v) is 6.32. The SMILES string of the molecule is Cc1ccnc(-c2[c-]cc(F)cc2F)c1.[Ir].[Ir].[Ir].[c-]1ccccc1-c1ccccn1.[c-]1ccccc1-c1nccc2ccccc12. The predicted molar refractivity (Wildman–Crippen MR) is 168 cm³/mol. The molecule has 8 heteroatoms. The van der Waals surface area contributed by atoms with Crippen LogP contribution in [0.25, 0.3) is 44.5 Å². The summed E-state index contributed by atoms with van der Waals surface area (Å²) in [5.74, 6) is -1.28. The Morgan fingerprint density at radius 1 is 0.565 bits per heavy atom. The van der Waals surface area contributed by atoms with Gasteiger partial charge >= 0.3 is 0 Å². The molecule has 7 aromatic rings. The fraction of sp³-hybridized carbons (Fsp3) is 0.0263. The summed E-state index contributed by atoms with van der Waals surface area (Å²) in [6.45, 7) is 1.88. The predicted octanol–water partition coefficient (Wildman–Crippen LogP) is 9.38. The number of hydrogen-bond acceptors (Lipinski definition) is 3. The van der Waals surface area contributed by atoms with Gasteiger partial charge < -0.3 is 15.0 Å². The molecule has 0 aliphatic carbocycles. The van der Waals surface area contributed by atoms with Gasteiger partial charge in [0.15, 0.2) is 0 Å². The van der Waals surface area contributed by atoms with E-state index in [4.69, 9.17) is 0 Å². The summed E-state index contributed by atoms with van der Waals surface area (Å²) in [7, 11) is 0. The largest absolute Gasteiger partial charge is 0.305 e. The fourth-order valence-electron chi connectivity index (χ4n) is 4.26. The second-order valence-electron chi connectivity index (χ2n) is 9.41. The number of fused-ring (bicyclic) bond motifs is 1. The molecular formula is C38H26F2Ir3N3-3. The van der Waals surface area contributed by atoms with Crippen LogP contribution >= 0.6 is 0 Å².